The van der Waals surface area contributed by atoms with E-state index in [1.165, 1.54) is 23.5 Å². The maximum Gasteiger partial charge on any atom is 0.151 e. The van der Waals surface area contributed by atoms with E-state index in [0.29, 0.717) is 21.7 Å². The van der Waals surface area contributed by atoms with Gasteiger partial charge in [-0.1, -0.05) is 0 Å². The van der Waals surface area contributed by atoms with Crippen molar-refractivity contribution in [3.8, 4) is 27.4 Å². The lowest BCUT2D eigenvalue weighted by atomic mass is 9.98. The fourth-order valence-electron chi connectivity index (χ4n) is 3.38. The molecular weight excluding hydrogens is 406 g/mol. The second kappa shape index (κ2) is 9.04. The lowest BCUT2D eigenvalue weighted by Crippen LogP contribution is -2.19. The molecule has 1 saturated heterocycles. The summed E-state index contributed by atoms with van der Waals surface area (Å²) in [6.07, 6.45) is 6.25. The predicted molar refractivity (Wildman–Crippen MR) is 115 cm³/mol. The largest absolute Gasteiger partial charge is 0.507 e. The van der Waals surface area contributed by atoms with Gasteiger partial charge in [-0.3, -0.25) is 0 Å². The number of thiazole rings is 1. The van der Waals surface area contributed by atoms with Crippen LogP contribution < -0.4 is 4.90 Å². The molecule has 0 spiro atoms. The van der Waals surface area contributed by atoms with Gasteiger partial charge in [0.2, 0.25) is 0 Å². The number of nitrogens with zero attached hydrogens (tertiary/aromatic N) is 4. The Balaban J connectivity index is 0.000000383. The van der Waals surface area contributed by atoms with Crippen molar-refractivity contribution in [1.82, 2.24) is 15.2 Å². The third-order valence-electron chi connectivity index (χ3n) is 5.36. The highest BCUT2D eigenvalue weighted by atomic mass is 32.1. The number of benzene rings is 1. The first-order valence-corrected chi connectivity index (χ1v) is 11.0. The molecule has 158 valence electrons. The number of aromatic hydroxyl groups is 1. The molecular formula is C22H24F2N4OS. The van der Waals surface area contributed by atoms with Gasteiger partial charge in [0.05, 0.1) is 15.6 Å². The van der Waals surface area contributed by atoms with E-state index in [1.54, 1.807) is 12.3 Å². The molecule has 3 aromatic rings. The predicted octanol–water partition coefficient (Wildman–Crippen LogP) is 5.53. The number of rotatable bonds is 3. The Morgan fingerprint density at radius 1 is 1.07 bits per heavy atom. The molecule has 2 aromatic heterocycles. The van der Waals surface area contributed by atoms with E-state index in [9.17, 15) is 13.9 Å². The molecule has 1 saturated carbocycles. The van der Waals surface area contributed by atoms with Crippen molar-refractivity contribution in [3.63, 3.8) is 0 Å². The van der Waals surface area contributed by atoms with Gasteiger partial charge in [-0.15, -0.1) is 21.5 Å². The summed E-state index contributed by atoms with van der Waals surface area (Å²) >= 11 is 1.39. The average molecular weight is 431 g/mol. The molecule has 3 heterocycles. The molecule has 0 bridgehead atoms. The first kappa shape index (κ1) is 20.7. The zero-order valence-corrected chi connectivity index (χ0v) is 17.6. The molecule has 1 aromatic carbocycles. The van der Waals surface area contributed by atoms with Crippen molar-refractivity contribution in [1.29, 1.82) is 0 Å². The van der Waals surface area contributed by atoms with E-state index >= 15 is 0 Å². The fourth-order valence-corrected chi connectivity index (χ4v) is 4.18. The summed E-state index contributed by atoms with van der Waals surface area (Å²) in [5.41, 5.74) is 1.13. The topological polar surface area (TPSA) is 62.1 Å². The minimum Gasteiger partial charge on any atom is -0.507 e. The highest BCUT2D eigenvalue weighted by molar-refractivity contribution is 7.15. The molecule has 5 rings (SSSR count). The number of anilines is 1. The van der Waals surface area contributed by atoms with E-state index in [0.717, 1.165) is 56.0 Å². The Bertz CT molecular complexity index is 999. The minimum absolute atomic E-state index is 0.0225. The Kier molecular flexibility index (Phi) is 6.22. The first-order chi connectivity index (χ1) is 14.5. The maximum atomic E-state index is 14.5. The van der Waals surface area contributed by atoms with Crippen molar-refractivity contribution in [3.05, 3.63) is 41.3 Å². The van der Waals surface area contributed by atoms with Crippen LogP contribution in [0.25, 0.3) is 21.7 Å². The van der Waals surface area contributed by atoms with Gasteiger partial charge in [0.25, 0.3) is 0 Å². The molecule has 1 N–H and O–H groups in total. The lowest BCUT2D eigenvalue weighted by Gasteiger charge is -2.15. The number of phenolic OH excluding ortho intramolecular Hbond substituents is 1. The van der Waals surface area contributed by atoms with Crippen LogP contribution in [0.3, 0.4) is 0 Å². The summed E-state index contributed by atoms with van der Waals surface area (Å²) in [6.45, 7) is 3.82. The van der Waals surface area contributed by atoms with E-state index in [4.69, 9.17) is 0 Å². The molecule has 2 aliphatic rings. The molecule has 0 amide bonds. The zero-order valence-electron chi connectivity index (χ0n) is 16.8. The summed E-state index contributed by atoms with van der Waals surface area (Å²) in [6, 6.07) is 6.37. The number of halogens is 2. The van der Waals surface area contributed by atoms with Crippen LogP contribution in [0.15, 0.2) is 30.5 Å². The first-order valence-electron chi connectivity index (χ1n) is 10.2. The summed E-state index contributed by atoms with van der Waals surface area (Å²) < 4.78 is 26.1. The van der Waals surface area contributed by atoms with Crippen LogP contribution in [0.4, 0.5) is 14.6 Å². The van der Waals surface area contributed by atoms with Crippen LogP contribution in [0.5, 0.6) is 5.75 Å². The van der Waals surface area contributed by atoms with Crippen LogP contribution in [-0.4, -0.2) is 39.5 Å². The number of alkyl halides is 1. The molecule has 0 radical (unpaired) electrons. The smallest absolute Gasteiger partial charge is 0.151 e. The number of hydrogen-bond acceptors (Lipinski definition) is 6. The molecule has 5 nitrogen and oxygen atoms in total. The Hall–Kier alpha value is -2.61. The van der Waals surface area contributed by atoms with Gasteiger partial charge in [0.15, 0.2) is 5.82 Å². The van der Waals surface area contributed by atoms with E-state index in [-0.39, 0.29) is 5.75 Å². The molecule has 1 aliphatic heterocycles. The third kappa shape index (κ3) is 4.59. The van der Waals surface area contributed by atoms with E-state index < -0.39 is 12.0 Å². The van der Waals surface area contributed by atoms with Gasteiger partial charge in [0, 0.05) is 30.4 Å². The van der Waals surface area contributed by atoms with Crippen molar-refractivity contribution < 1.29 is 13.9 Å². The van der Waals surface area contributed by atoms with Gasteiger partial charge < -0.3 is 10.0 Å². The van der Waals surface area contributed by atoms with Gasteiger partial charge in [-0.25, -0.2) is 13.8 Å². The van der Waals surface area contributed by atoms with E-state index in [2.05, 4.69) is 20.1 Å². The SMILES string of the molecule is Cc1ncc(-c2cc(O)c(-c3ccc(N4CCCC4)nn3)cc2F)s1.FC1CCC1. The second-order valence-electron chi connectivity index (χ2n) is 7.59. The molecule has 0 unspecified atom stereocenters. The highest BCUT2D eigenvalue weighted by Gasteiger charge is 2.17. The third-order valence-corrected chi connectivity index (χ3v) is 6.31. The zero-order chi connectivity index (χ0) is 21.1. The van der Waals surface area contributed by atoms with Gasteiger partial charge >= 0.3 is 0 Å². The van der Waals surface area contributed by atoms with Crippen LogP contribution in [0, 0.1) is 12.7 Å². The standard InChI is InChI=1S/C18H17FN4OS.C4H7F/c1-11-20-10-17(25-11)12-9-16(24)13(8-14(12)19)15-4-5-18(22-21-15)23-6-2-3-7-23;5-4-2-1-3-4/h4-5,8-10,24H,2-3,6-7H2,1H3;4H,1-3H2. The molecule has 1 aliphatic carbocycles. The van der Waals surface area contributed by atoms with Crippen molar-refractivity contribution >= 4 is 17.2 Å². The molecule has 8 heteroatoms. The summed E-state index contributed by atoms with van der Waals surface area (Å²) in [4.78, 5) is 7.00. The molecule has 0 atom stereocenters. The lowest BCUT2D eigenvalue weighted by molar-refractivity contribution is 0.211. The van der Waals surface area contributed by atoms with Crippen LogP contribution in [-0.2, 0) is 0 Å². The second-order valence-corrected chi connectivity index (χ2v) is 8.83. The minimum atomic E-state index is -0.435. The summed E-state index contributed by atoms with van der Waals surface area (Å²) in [7, 11) is 0. The number of aryl methyl sites for hydroxylation is 1. The van der Waals surface area contributed by atoms with Gasteiger partial charge in [0.1, 0.15) is 17.7 Å². The molecule has 2 fully saturated rings. The molecule has 30 heavy (non-hydrogen) atoms. The van der Waals surface area contributed by atoms with Crippen LogP contribution in [0.1, 0.15) is 37.1 Å². The Morgan fingerprint density at radius 2 is 1.80 bits per heavy atom. The Labute approximate surface area is 178 Å². The van der Waals surface area contributed by atoms with Gasteiger partial charge in [-0.2, -0.15) is 0 Å². The number of hydrogen-bond donors (Lipinski definition) is 1. The highest BCUT2D eigenvalue weighted by Crippen LogP contribution is 2.36. The summed E-state index contributed by atoms with van der Waals surface area (Å²) in [5.74, 6) is 0.380. The van der Waals surface area contributed by atoms with Crippen molar-refractivity contribution in [2.75, 3.05) is 18.0 Å². The van der Waals surface area contributed by atoms with Crippen molar-refractivity contribution in [2.45, 2.75) is 45.2 Å². The fraction of sp³-hybridized carbons (Fsp3) is 0.409. The van der Waals surface area contributed by atoms with Crippen LogP contribution in [0.2, 0.25) is 0 Å². The van der Waals surface area contributed by atoms with Crippen molar-refractivity contribution in [2.24, 2.45) is 0 Å². The maximum absolute atomic E-state index is 14.5. The summed E-state index contributed by atoms with van der Waals surface area (Å²) in [5, 5.41) is 19.6. The number of aromatic nitrogens is 3. The number of phenols is 1. The van der Waals surface area contributed by atoms with Crippen LogP contribution >= 0.6 is 11.3 Å². The Morgan fingerprint density at radius 3 is 2.33 bits per heavy atom. The van der Waals surface area contributed by atoms with E-state index in [1.807, 2.05) is 13.0 Å². The van der Waals surface area contributed by atoms with Gasteiger partial charge in [-0.05, 0) is 63.3 Å². The quantitative estimate of drug-likeness (QED) is 0.592. The average Bonchev–Trinajstić information content (AvgIpc) is 3.40. The normalized spacial score (nSPS) is 16.2. The monoisotopic (exact) mass is 430 g/mol.